The Bertz CT molecular complexity index is 1970. The van der Waals surface area contributed by atoms with Gasteiger partial charge in [-0.05, 0) is 49.7 Å². The van der Waals surface area contributed by atoms with Crippen LogP contribution in [0.1, 0.15) is 44.1 Å². The van der Waals surface area contributed by atoms with Gasteiger partial charge in [0.15, 0.2) is 4.80 Å². The van der Waals surface area contributed by atoms with Crippen molar-refractivity contribution in [1.82, 2.24) is 4.57 Å². The molecule has 0 spiro atoms. The zero-order valence-electron chi connectivity index (χ0n) is 24.3. The molecule has 0 bridgehead atoms. The molecule has 0 saturated heterocycles. The highest BCUT2D eigenvalue weighted by atomic mass is 35.5. The maximum absolute atomic E-state index is 14.1. The molecule has 3 heterocycles. The zero-order valence-corrected chi connectivity index (χ0v) is 25.9. The number of furan rings is 1. The van der Waals surface area contributed by atoms with Gasteiger partial charge < -0.3 is 18.6 Å². The molecule has 11 nitrogen and oxygen atoms in total. The van der Waals surface area contributed by atoms with Crippen molar-refractivity contribution in [3.05, 3.63) is 106 Å². The number of carbonyl (C=O) groups excluding carboxylic acids is 1. The fourth-order valence-electron chi connectivity index (χ4n) is 5.04. The van der Waals surface area contributed by atoms with Gasteiger partial charge in [-0.15, -0.1) is 0 Å². The van der Waals surface area contributed by atoms with Crippen molar-refractivity contribution in [2.75, 3.05) is 20.8 Å². The molecule has 0 radical (unpaired) electrons. The fraction of sp³-hybridized carbons (Fsp3) is 0.258. The van der Waals surface area contributed by atoms with E-state index in [1.165, 1.54) is 37.0 Å². The van der Waals surface area contributed by atoms with Crippen LogP contribution in [0.4, 0.5) is 5.69 Å². The molecule has 1 aliphatic rings. The monoisotopic (exact) mass is 637 g/mol. The Hall–Kier alpha value is -4.68. The third-order valence-electron chi connectivity index (χ3n) is 6.94. The first-order chi connectivity index (χ1) is 21.2. The lowest BCUT2D eigenvalue weighted by Gasteiger charge is -2.27. The number of nitro groups is 1. The first kappa shape index (κ1) is 30.8. The number of thiazole rings is 1. The molecule has 2 aromatic heterocycles. The van der Waals surface area contributed by atoms with E-state index >= 15 is 0 Å². The molecule has 0 saturated carbocycles. The summed E-state index contributed by atoms with van der Waals surface area (Å²) in [7, 11) is 2.96. The summed E-state index contributed by atoms with van der Waals surface area (Å²) < 4.78 is 24.2. The number of allylic oxidation sites excluding steroid dienone is 1. The quantitative estimate of drug-likeness (QED) is 0.128. The standard InChI is InChI=1S/C31H28ClN3O8S/c1-5-7-22-27(30(37)42-6-2)28(21-14-17(32)8-11-24(21)41-4)34-29(36)26(44-31(34)33-22)16-19-10-13-25(43-19)20-15-18(35(38)39)9-12-23(20)40-3/h8-16,28H,5-7H2,1-4H3/b26-16+/t28-/m1/s1. The maximum Gasteiger partial charge on any atom is 0.338 e. The van der Waals surface area contributed by atoms with Gasteiger partial charge in [-0.3, -0.25) is 19.5 Å². The molecule has 5 rings (SSSR count). The Kier molecular flexibility index (Phi) is 9.02. The lowest BCUT2D eigenvalue weighted by Crippen LogP contribution is -2.40. The number of aromatic nitrogens is 1. The first-order valence-electron chi connectivity index (χ1n) is 13.7. The number of fused-ring (bicyclic) bond motifs is 1. The number of nitro benzene ring substituents is 1. The predicted octanol–water partition coefficient (Wildman–Crippen LogP) is 5.42. The summed E-state index contributed by atoms with van der Waals surface area (Å²) in [5, 5.41) is 11.8. The number of rotatable bonds is 10. The molecular formula is C31H28ClN3O8S. The summed E-state index contributed by atoms with van der Waals surface area (Å²) in [6.07, 6.45) is 2.74. The SMILES string of the molecule is CCCC1=C(C(=O)OCC)[C@@H](c2cc(Cl)ccc2OC)n2c(s/c(=C/c3ccc(-c4cc([N+](=O)[O-])ccc4OC)o3)c2=O)=N1. The van der Waals surface area contributed by atoms with Crippen LogP contribution in [-0.2, 0) is 9.53 Å². The van der Waals surface area contributed by atoms with Crippen molar-refractivity contribution in [3.63, 3.8) is 0 Å². The van der Waals surface area contributed by atoms with E-state index in [4.69, 9.17) is 35.2 Å². The van der Waals surface area contributed by atoms with E-state index in [0.29, 0.717) is 67.0 Å². The van der Waals surface area contributed by atoms with E-state index in [0.717, 1.165) is 11.3 Å². The minimum atomic E-state index is -0.913. The highest BCUT2D eigenvalue weighted by Gasteiger charge is 2.36. The number of benzene rings is 2. The lowest BCUT2D eigenvalue weighted by atomic mass is 9.93. The number of non-ortho nitro benzene ring substituents is 1. The van der Waals surface area contributed by atoms with E-state index in [1.54, 1.807) is 43.3 Å². The second-order valence-electron chi connectivity index (χ2n) is 9.64. The molecular weight excluding hydrogens is 610 g/mol. The summed E-state index contributed by atoms with van der Waals surface area (Å²) in [5.74, 6) is 0.897. The van der Waals surface area contributed by atoms with Gasteiger partial charge >= 0.3 is 5.97 Å². The average Bonchev–Trinajstić information content (AvgIpc) is 3.60. The van der Waals surface area contributed by atoms with E-state index in [2.05, 4.69) is 0 Å². The molecule has 0 amide bonds. The number of ether oxygens (including phenoxy) is 3. The number of carbonyl (C=O) groups is 1. The summed E-state index contributed by atoms with van der Waals surface area (Å²) in [6.45, 7) is 3.82. The molecule has 0 fully saturated rings. The van der Waals surface area contributed by atoms with Crippen LogP contribution in [-0.4, -0.2) is 36.3 Å². The highest BCUT2D eigenvalue weighted by Crippen LogP contribution is 2.38. The van der Waals surface area contributed by atoms with Crippen LogP contribution in [0.25, 0.3) is 17.4 Å². The van der Waals surface area contributed by atoms with Gasteiger partial charge in [0, 0.05) is 28.8 Å². The van der Waals surface area contributed by atoms with Gasteiger partial charge in [-0.2, -0.15) is 0 Å². The topological polar surface area (TPSA) is 135 Å². The minimum Gasteiger partial charge on any atom is -0.496 e. The molecule has 228 valence electrons. The fourth-order valence-corrected chi connectivity index (χ4v) is 6.22. The number of methoxy groups -OCH3 is 2. The van der Waals surface area contributed by atoms with E-state index in [1.807, 2.05) is 6.92 Å². The van der Waals surface area contributed by atoms with Crippen molar-refractivity contribution in [3.8, 4) is 22.8 Å². The lowest BCUT2D eigenvalue weighted by molar-refractivity contribution is -0.384. The van der Waals surface area contributed by atoms with Crippen molar-refractivity contribution in [2.24, 2.45) is 4.99 Å². The van der Waals surface area contributed by atoms with Crippen LogP contribution in [0.3, 0.4) is 0 Å². The maximum atomic E-state index is 14.1. The largest absolute Gasteiger partial charge is 0.496 e. The van der Waals surface area contributed by atoms with Crippen molar-refractivity contribution >= 4 is 40.7 Å². The second-order valence-corrected chi connectivity index (χ2v) is 11.1. The summed E-state index contributed by atoms with van der Waals surface area (Å²) in [4.78, 5) is 43.5. The van der Waals surface area contributed by atoms with Crippen molar-refractivity contribution in [2.45, 2.75) is 32.7 Å². The smallest absolute Gasteiger partial charge is 0.338 e. The van der Waals surface area contributed by atoms with Gasteiger partial charge in [0.25, 0.3) is 11.2 Å². The number of nitrogens with zero attached hydrogens (tertiary/aromatic N) is 3. The normalized spacial score (nSPS) is 14.7. The third kappa shape index (κ3) is 5.78. The van der Waals surface area contributed by atoms with E-state index in [9.17, 15) is 19.7 Å². The Morgan fingerprint density at radius 1 is 1.14 bits per heavy atom. The van der Waals surface area contributed by atoms with Crippen LogP contribution in [0.15, 0.2) is 74.0 Å². The number of esters is 1. The van der Waals surface area contributed by atoms with Crippen LogP contribution in [0.2, 0.25) is 5.02 Å². The molecule has 1 aliphatic heterocycles. The summed E-state index contributed by atoms with van der Waals surface area (Å²) in [5.41, 5.74) is 1.12. The predicted molar refractivity (Wildman–Crippen MR) is 165 cm³/mol. The molecule has 1 atom stereocenters. The van der Waals surface area contributed by atoms with Crippen molar-refractivity contribution in [1.29, 1.82) is 0 Å². The minimum absolute atomic E-state index is 0.121. The zero-order chi connectivity index (χ0) is 31.5. The van der Waals surface area contributed by atoms with E-state index < -0.39 is 22.5 Å². The van der Waals surface area contributed by atoms with E-state index in [-0.39, 0.29) is 17.9 Å². The van der Waals surface area contributed by atoms with Crippen LogP contribution < -0.4 is 24.4 Å². The Labute approximate surface area is 260 Å². The number of hydrogen-bond acceptors (Lipinski definition) is 10. The van der Waals surface area contributed by atoms with Crippen LogP contribution >= 0.6 is 22.9 Å². The average molecular weight is 638 g/mol. The molecule has 13 heteroatoms. The molecule has 0 N–H and O–H groups in total. The molecule has 0 aliphatic carbocycles. The van der Waals surface area contributed by atoms with Crippen LogP contribution in [0, 0.1) is 10.1 Å². The first-order valence-corrected chi connectivity index (χ1v) is 14.9. The molecule has 0 unspecified atom stereocenters. The van der Waals surface area contributed by atoms with Gasteiger partial charge in [0.1, 0.15) is 29.1 Å². The van der Waals surface area contributed by atoms with Gasteiger partial charge in [-0.25, -0.2) is 9.79 Å². The van der Waals surface area contributed by atoms with Crippen molar-refractivity contribution < 1.29 is 28.3 Å². The van der Waals surface area contributed by atoms with Gasteiger partial charge in [-0.1, -0.05) is 36.3 Å². The van der Waals surface area contributed by atoms with Crippen LogP contribution in [0.5, 0.6) is 11.5 Å². The Morgan fingerprint density at radius 2 is 1.89 bits per heavy atom. The molecule has 44 heavy (non-hydrogen) atoms. The number of halogens is 1. The Balaban J connectivity index is 1.70. The summed E-state index contributed by atoms with van der Waals surface area (Å²) >= 11 is 7.54. The third-order valence-corrected chi connectivity index (χ3v) is 8.16. The second kappa shape index (κ2) is 12.9. The number of hydrogen-bond donors (Lipinski definition) is 0. The molecule has 2 aromatic carbocycles. The Morgan fingerprint density at radius 3 is 2.57 bits per heavy atom. The molecule has 4 aromatic rings. The summed E-state index contributed by atoms with van der Waals surface area (Å²) in [6, 6.07) is 11.6. The van der Waals surface area contributed by atoms with Gasteiger partial charge in [0.05, 0.1) is 47.1 Å². The highest BCUT2D eigenvalue weighted by molar-refractivity contribution is 7.07. The van der Waals surface area contributed by atoms with Gasteiger partial charge in [0.2, 0.25) is 0 Å².